The van der Waals surface area contributed by atoms with Crippen LogP contribution in [0.25, 0.3) is 0 Å². The standard InChI is InChI=1S/C28H38O7/c1-27-9-7-17(35-26-25(32)24(31)22(29)14-34-26)12-16(27)3-4-18-20-6-5-19(15-11-23(30)33-13-15)28(20,2)10-8-21(18)27/h5-6,11,16-18,21-22,24-26,29,31-32H,3-4,7-10,12-14H2,1-2H3/t16-,17+,18+,21-,22+,24-,25+,26-,27+,28-/m1/s1. The first-order chi connectivity index (χ1) is 16.7. The topological polar surface area (TPSA) is 105 Å². The highest BCUT2D eigenvalue weighted by molar-refractivity contribution is 5.87. The van der Waals surface area contributed by atoms with E-state index in [1.54, 1.807) is 11.6 Å². The monoisotopic (exact) mass is 486 g/mol. The van der Waals surface area contributed by atoms with Crippen molar-refractivity contribution >= 4 is 5.97 Å². The summed E-state index contributed by atoms with van der Waals surface area (Å²) in [7, 11) is 0. The minimum Gasteiger partial charge on any atom is -0.458 e. The molecule has 3 saturated carbocycles. The summed E-state index contributed by atoms with van der Waals surface area (Å²) >= 11 is 0. The number of carbonyl (C=O) groups is 1. The zero-order valence-electron chi connectivity index (χ0n) is 20.7. The molecular formula is C28H38O7. The Bertz CT molecular complexity index is 984. The van der Waals surface area contributed by atoms with Crippen molar-refractivity contribution in [3.63, 3.8) is 0 Å². The van der Waals surface area contributed by atoms with Gasteiger partial charge in [-0.2, -0.15) is 0 Å². The molecule has 6 aliphatic rings. The van der Waals surface area contributed by atoms with E-state index in [4.69, 9.17) is 14.2 Å². The predicted octanol–water partition coefficient (Wildman–Crippen LogP) is 2.79. The predicted molar refractivity (Wildman–Crippen MR) is 127 cm³/mol. The Morgan fingerprint density at radius 2 is 1.86 bits per heavy atom. The maximum atomic E-state index is 11.7. The van der Waals surface area contributed by atoms with Crippen LogP contribution in [0.1, 0.15) is 58.8 Å². The van der Waals surface area contributed by atoms with Gasteiger partial charge in [-0.25, -0.2) is 4.79 Å². The maximum Gasteiger partial charge on any atom is 0.331 e. The number of hydrogen-bond acceptors (Lipinski definition) is 7. The lowest BCUT2D eigenvalue weighted by Gasteiger charge is -2.59. The second kappa shape index (κ2) is 8.52. The summed E-state index contributed by atoms with van der Waals surface area (Å²) in [6.07, 6.45) is 9.35. The molecule has 0 radical (unpaired) electrons. The second-order valence-corrected chi connectivity index (χ2v) is 12.1. The van der Waals surface area contributed by atoms with Gasteiger partial charge in [0.1, 0.15) is 24.9 Å². The summed E-state index contributed by atoms with van der Waals surface area (Å²) in [5.41, 5.74) is 4.13. The zero-order valence-corrected chi connectivity index (χ0v) is 20.7. The van der Waals surface area contributed by atoms with E-state index < -0.39 is 24.6 Å². The van der Waals surface area contributed by atoms with Gasteiger partial charge in [0.15, 0.2) is 6.29 Å². The summed E-state index contributed by atoms with van der Waals surface area (Å²) in [5.74, 6) is 1.54. The van der Waals surface area contributed by atoms with Crippen LogP contribution < -0.4 is 0 Å². The SMILES string of the molecule is C[C@]12CC[C@@H]3[C@@H](CC[C@@H]4C[C@@H](O[C@H]5OC[C@H](O)[C@@H](O)[C@@H]5O)CC[C@@]43C)C1=CC=C2C1=CC(=O)OC1. The Morgan fingerprint density at radius 3 is 2.63 bits per heavy atom. The molecule has 0 aromatic heterocycles. The Hall–Kier alpha value is -1.51. The normalized spacial score (nSPS) is 49.3. The quantitative estimate of drug-likeness (QED) is 0.416. The molecule has 10 atom stereocenters. The van der Waals surface area contributed by atoms with Gasteiger partial charge in [0.25, 0.3) is 0 Å². The molecular weight excluding hydrogens is 448 g/mol. The summed E-state index contributed by atoms with van der Waals surface area (Å²) in [4.78, 5) is 11.7. The molecule has 0 spiro atoms. The van der Waals surface area contributed by atoms with Crippen molar-refractivity contribution in [1.29, 1.82) is 0 Å². The van der Waals surface area contributed by atoms with Gasteiger partial charge in [-0.1, -0.05) is 31.6 Å². The molecule has 2 heterocycles. The van der Waals surface area contributed by atoms with E-state index >= 15 is 0 Å². The van der Waals surface area contributed by atoms with E-state index in [-0.39, 0.29) is 29.5 Å². The highest BCUT2D eigenvalue weighted by atomic mass is 16.7. The number of hydrogen-bond donors (Lipinski definition) is 3. The third kappa shape index (κ3) is 3.69. The van der Waals surface area contributed by atoms with Crippen LogP contribution in [0, 0.1) is 28.6 Å². The van der Waals surface area contributed by atoms with Crippen LogP contribution in [0.5, 0.6) is 0 Å². The lowest BCUT2D eigenvalue weighted by atomic mass is 9.46. The van der Waals surface area contributed by atoms with Crippen molar-refractivity contribution < 1.29 is 34.3 Å². The van der Waals surface area contributed by atoms with Crippen molar-refractivity contribution in [1.82, 2.24) is 0 Å². The van der Waals surface area contributed by atoms with Crippen LogP contribution >= 0.6 is 0 Å². The first kappa shape index (κ1) is 23.9. The van der Waals surface area contributed by atoms with Crippen LogP contribution in [-0.2, 0) is 19.0 Å². The van der Waals surface area contributed by atoms with Crippen LogP contribution in [0.3, 0.4) is 0 Å². The van der Waals surface area contributed by atoms with Crippen LogP contribution in [0.4, 0.5) is 0 Å². The molecule has 0 bridgehead atoms. The summed E-state index contributed by atoms with van der Waals surface area (Å²) < 4.78 is 16.9. The minimum atomic E-state index is -1.24. The summed E-state index contributed by atoms with van der Waals surface area (Å²) in [6.45, 7) is 5.21. The summed E-state index contributed by atoms with van der Waals surface area (Å²) in [5, 5.41) is 30.0. The fraction of sp³-hybridized carbons (Fsp3) is 0.750. The minimum absolute atomic E-state index is 0.00432. The van der Waals surface area contributed by atoms with Crippen LogP contribution in [-0.4, -0.2) is 65.2 Å². The molecule has 6 rings (SSSR count). The Morgan fingerprint density at radius 1 is 1.03 bits per heavy atom. The molecule has 2 aliphatic heterocycles. The fourth-order valence-corrected chi connectivity index (χ4v) is 8.42. The highest BCUT2D eigenvalue weighted by Crippen LogP contribution is 2.65. The van der Waals surface area contributed by atoms with Gasteiger partial charge in [0.05, 0.1) is 12.7 Å². The van der Waals surface area contributed by atoms with Gasteiger partial charge in [0, 0.05) is 17.1 Å². The number of ether oxygens (including phenoxy) is 3. The molecule has 35 heavy (non-hydrogen) atoms. The molecule has 1 saturated heterocycles. The number of esters is 1. The molecule has 7 heteroatoms. The van der Waals surface area contributed by atoms with Gasteiger partial charge in [0.2, 0.25) is 0 Å². The first-order valence-corrected chi connectivity index (χ1v) is 13.3. The molecule has 0 aromatic rings. The number of aliphatic hydroxyl groups excluding tert-OH is 3. The van der Waals surface area contributed by atoms with Crippen molar-refractivity contribution in [2.24, 2.45) is 28.6 Å². The third-order valence-electron chi connectivity index (χ3n) is 10.4. The van der Waals surface area contributed by atoms with E-state index in [0.717, 1.165) is 37.7 Å². The molecule has 0 aromatic carbocycles. The second-order valence-electron chi connectivity index (χ2n) is 12.1. The molecule has 0 unspecified atom stereocenters. The van der Waals surface area contributed by atoms with Gasteiger partial charge in [-0.3, -0.25) is 0 Å². The number of aliphatic hydroxyl groups is 3. The van der Waals surface area contributed by atoms with Crippen molar-refractivity contribution in [3.05, 3.63) is 34.9 Å². The van der Waals surface area contributed by atoms with E-state index in [0.29, 0.717) is 24.4 Å². The van der Waals surface area contributed by atoms with E-state index in [1.807, 2.05) is 0 Å². The third-order valence-corrected chi connectivity index (χ3v) is 10.4. The van der Waals surface area contributed by atoms with Crippen molar-refractivity contribution in [3.8, 4) is 0 Å². The Balaban J connectivity index is 1.14. The number of cyclic esters (lactones) is 1. The van der Waals surface area contributed by atoms with E-state index in [2.05, 4.69) is 26.0 Å². The van der Waals surface area contributed by atoms with Gasteiger partial charge in [-0.05, 0) is 73.7 Å². The average molecular weight is 487 g/mol. The zero-order chi connectivity index (χ0) is 24.5. The number of rotatable bonds is 3. The lowest BCUT2D eigenvalue weighted by Crippen LogP contribution is -2.56. The molecule has 4 fully saturated rings. The van der Waals surface area contributed by atoms with Crippen LogP contribution in [0.2, 0.25) is 0 Å². The van der Waals surface area contributed by atoms with Crippen molar-refractivity contribution in [2.45, 2.75) is 89.5 Å². The van der Waals surface area contributed by atoms with Gasteiger partial charge >= 0.3 is 5.97 Å². The Kier molecular flexibility index (Phi) is 5.81. The van der Waals surface area contributed by atoms with Gasteiger partial charge < -0.3 is 29.5 Å². The van der Waals surface area contributed by atoms with E-state index in [9.17, 15) is 20.1 Å². The largest absolute Gasteiger partial charge is 0.458 e. The molecule has 0 amide bonds. The number of fused-ring (bicyclic) bond motifs is 5. The smallest absolute Gasteiger partial charge is 0.331 e. The number of carbonyl (C=O) groups excluding carboxylic acids is 1. The lowest BCUT2D eigenvalue weighted by molar-refractivity contribution is -0.289. The summed E-state index contributed by atoms with van der Waals surface area (Å²) in [6, 6.07) is 0. The van der Waals surface area contributed by atoms with Gasteiger partial charge in [-0.15, -0.1) is 0 Å². The first-order valence-electron chi connectivity index (χ1n) is 13.3. The maximum absolute atomic E-state index is 11.7. The van der Waals surface area contributed by atoms with Crippen molar-refractivity contribution in [2.75, 3.05) is 13.2 Å². The highest BCUT2D eigenvalue weighted by Gasteiger charge is 2.57. The number of allylic oxidation sites excluding steroid dienone is 3. The fourth-order valence-electron chi connectivity index (χ4n) is 8.42. The molecule has 192 valence electrons. The molecule has 4 aliphatic carbocycles. The van der Waals surface area contributed by atoms with Crippen LogP contribution in [0.15, 0.2) is 34.9 Å². The molecule has 3 N–H and O–H groups in total. The molecule has 7 nitrogen and oxygen atoms in total. The average Bonchev–Trinajstić information content (AvgIpc) is 3.42. The Labute approximate surface area is 206 Å². The van der Waals surface area contributed by atoms with E-state index in [1.165, 1.54) is 18.4 Å².